The summed E-state index contributed by atoms with van der Waals surface area (Å²) in [6.07, 6.45) is -0.463. The molecule has 1 aromatic carbocycles. The topological polar surface area (TPSA) is 96.0 Å². The highest BCUT2D eigenvalue weighted by Crippen LogP contribution is 2.30. The first-order valence-corrected chi connectivity index (χ1v) is 5.05. The Bertz CT molecular complexity index is 527. The van der Waals surface area contributed by atoms with Gasteiger partial charge < -0.3 is 5.32 Å². The van der Waals surface area contributed by atoms with E-state index in [2.05, 4.69) is 21.2 Å². The monoisotopic (exact) mass is 301 g/mol. The minimum Gasteiger partial charge on any atom is -0.319 e. The van der Waals surface area contributed by atoms with E-state index in [4.69, 9.17) is 5.26 Å². The lowest BCUT2D eigenvalue weighted by atomic mass is 10.2. The molecule has 17 heavy (non-hydrogen) atoms. The molecule has 0 aromatic heterocycles. The van der Waals surface area contributed by atoms with E-state index in [1.54, 1.807) is 6.07 Å². The molecular weight excluding hydrogens is 297 g/mol. The summed E-state index contributed by atoms with van der Waals surface area (Å²) in [5.74, 6) is -1.49. The number of halogens is 2. The maximum absolute atomic E-state index is 13.2. The van der Waals surface area contributed by atoms with Gasteiger partial charge in [0.2, 0.25) is 5.91 Å². The molecule has 0 atom stereocenters. The minimum absolute atomic E-state index is 0.0810. The van der Waals surface area contributed by atoms with E-state index in [1.165, 1.54) is 0 Å². The van der Waals surface area contributed by atoms with Crippen LogP contribution >= 0.6 is 15.9 Å². The number of benzene rings is 1. The molecule has 0 saturated carbocycles. The van der Waals surface area contributed by atoms with E-state index in [0.717, 1.165) is 12.1 Å². The van der Waals surface area contributed by atoms with E-state index in [-0.39, 0.29) is 10.2 Å². The van der Waals surface area contributed by atoms with Crippen molar-refractivity contribution in [3.05, 3.63) is 32.5 Å². The van der Waals surface area contributed by atoms with E-state index in [1.807, 2.05) is 0 Å². The number of nitrogens with one attached hydrogen (secondary N) is 1. The predicted molar refractivity (Wildman–Crippen MR) is 59.6 cm³/mol. The maximum Gasteiger partial charge on any atom is 0.294 e. The Labute approximate surface area is 103 Å². The van der Waals surface area contributed by atoms with Crippen molar-refractivity contribution in [1.29, 1.82) is 5.26 Å². The zero-order valence-corrected chi connectivity index (χ0v) is 9.82. The Morgan fingerprint density at radius 1 is 1.65 bits per heavy atom. The summed E-state index contributed by atoms with van der Waals surface area (Å²) in [7, 11) is 0. The fourth-order valence-corrected chi connectivity index (χ4v) is 1.39. The molecular formula is C9H5BrFN3O3. The van der Waals surface area contributed by atoms with Crippen molar-refractivity contribution in [2.24, 2.45) is 0 Å². The highest BCUT2D eigenvalue weighted by Gasteiger charge is 2.19. The largest absolute Gasteiger partial charge is 0.319 e. The first kappa shape index (κ1) is 13.1. The number of amides is 1. The summed E-state index contributed by atoms with van der Waals surface area (Å²) in [6.45, 7) is 0. The molecule has 8 heteroatoms. The molecule has 0 unspecified atom stereocenters. The summed E-state index contributed by atoms with van der Waals surface area (Å²) in [4.78, 5) is 21.0. The quantitative estimate of drug-likeness (QED) is 0.684. The Kier molecular flexibility index (Phi) is 4.12. The molecule has 1 aromatic rings. The van der Waals surface area contributed by atoms with Crippen LogP contribution < -0.4 is 5.32 Å². The van der Waals surface area contributed by atoms with E-state index in [9.17, 15) is 19.3 Å². The standard InChI is InChI=1S/C9H5BrFN3O3/c10-5-3-8(14(16)17)7(4-6(5)11)13-9(15)1-2-12/h3-4H,1H2,(H,13,15). The van der Waals surface area contributed by atoms with Gasteiger partial charge in [0.25, 0.3) is 5.69 Å². The average Bonchev–Trinajstić information content (AvgIpc) is 2.23. The molecule has 6 nitrogen and oxygen atoms in total. The van der Waals surface area contributed by atoms with E-state index in [0.29, 0.717) is 0 Å². The summed E-state index contributed by atoms with van der Waals surface area (Å²) in [5, 5.41) is 21.0. The van der Waals surface area contributed by atoms with Gasteiger partial charge in [-0.05, 0) is 15.9 Å². The van der Waals surface area contributed by atoms with E-state index >= 15 is 0 Å². The molecule has 1 N–H and O–H groups in total. The lowest BCUT2D eigenvalue weighted by molar-refractivity contribution is -0.384. The molecule has 0 aliphatic heterocycles. The zero-order valence-electron chi connectivity index (χ0n) is 8.24. The Morgan fingerprint density at radius 3 is 2.82 bits per heavy atom. The first-order chi connectivity index (χ1) is 7.95. The second kappa shape index (κ2) is 5.36. The van der Waals surface area contributed by atoms with Gasteiger partial charge in [0.1, 0.15) is 17.9 Å². The van der Waals surface area contributed by atoms with Crippen molar-refractivity contribution in [3.8, 4) is 6.07 Å². The van der Waals surface area contributed by atoms with Crippen LogP contribution in [0.4, 0.5) is 15.8 Å². The van der Waals surface area contributed by atoms with Crippen LogP contribution in [-0.2, 0) is 4.79 Å². The highest BCUT2D eigenvalue weighted by atomic mass is 79.9. The van der Waals surface area contributed by atoms with Crippen LogP contribution in [0.1, 0.15) is 6.42 Å². The molecule has 0 saturated heterocycles. The number of carbonyl (C=O) groups excluding carboxylic acids is 1. The van der Waals surface area contributed by atoms with Crippen LogP contribution in [0.3, 0.4) is 0 Å². The van der Waals surface area contributed by atoms with Crippen molar-refractivity contribution in [3.63, 3.8) is 0 Å². The van der Waals surface area contributed by atoms with Crippen LogP contribution in [0, 0.1) is 27.3 Å². The minimum atomic E-state index is -0.758. The molecule has 1 rings (SSSR count). The summed E-state index contributed by atoms with van der Waals surface area (Å²) in [6, 6.07) is 3.34. The smallest absolute Gasteiger partial charge is 0.294 e. The lowest BCUT2D eigenvalue weighted by Crippen LogP contribution is -2.12. The number of carbonyl (C=O) groups is 1. The number of hydrogen-bond acceptors (Lipinski definition) is 4. The maximum atomic E-state index is 13.2. The normalized spacial score (nSPS) is 9.47. The molecule has 0 radical (unpaired) electrons. The van der Waals surface area contributed by atoms with Gasteiger partial charge in [0, 0.05) is 12.1 Å². The van der Waals surface area contributed by atoms with Gasteiger partial charge in [0.15, 0.2) is 0 Å². The molecule has 88 valence electrons. The van der Waals surface area contributed by atoms with Crippen LogP contribution in [0.2, 0.25) is 0 Å². The Morgan fingerprint density at radius 2 is 2.29 bits per heavy atom. The number of anilines is 1. The van der Waals surface area contributed by atoms with Gasteiger partial charge in [-0.2, -0.15) is 5.26 Å². The Hall–Kier alpha value is -2.01. The van der Waals surface area contributed by atoms with Gasteiger partial charge >= 0.3 is 0 Å². The number of nitrogens with zero attached hydrogens (tertiary/aromatic N) is 2. The lowest BCUT2D eigenvalue weighted by Gasteiger charge is -2.05. The summed E-state index contributed by atoms with van der Waals surface area (Å²) >= 11 is 2.80. The van der Waals surface area contributed by atoms with Crippen LogP contribution in [0.15, 0.2) is 16.6 Å². The first-order valence-electron chi connectivity index (χ1n) is 4.26. The number of rotatable bonds is 3. The summed E-state index contributed by atoms with van der Waals surface area (Å²) < 4.78 is 13.1. The Balaban J connectivity index is 3.14. The molecule has 0 spiro atoms. The molecule has 0 bridgehead atoms. The van der Waals surface area contributed by atoms with Gasteiger partial charge in [-0.1, -0.05) is 0 Å². The van der Waals surface area contributed by atoms with Gasteiger partial charge in [-0.3, -0.25) is 14.9 Å². The summed E-state index contributed by atoms with van der Waals surface area (Å²) in [5.41, 5.74) is -0.736. The average molecular weight is 302 g/mol. The van der Waals surface area contributed by atoms with Gasteiger partial charge in [0.05, 0.1) is 15.5 Å². The zero-order chi connectivity index (χ0) is 13.0. The number of nitriles is 1. The van der Waals surface area contributed by atoms with Crippen molar-refractivity contribution >= 4 is 33.2 Å². The SMILES string of the molecule is N#CCC(=O)Nc1cc(F)c(Br)cc1[N+](=O)[O-]. The van der Waals surface area contributed by atoms with Crippen molar-refractivity contribution in [1.82, 2.24) is 0 Å². The third kappa shape index (κ3) is 3.22. The molecule has 0 aliphatic rings. The van der Waals surface area contributed by atoms with Crippen molar-refractivity contribution in [2.45, 2.75) is 6.42 Å². The van der Waals surface area contributed by atoms with E-state index < -0.39 is 28.8 Å². The van der Waals surface area contributed by atoms with Gasteiger partial charge in [-0.15, -0.1) is 0 Å². The molecule has 0 aliphatic carbocycles. The van der Waals surface area contributed by atoms with Crippen molar-refractivity contribution < 1.29 is 14.1 Å². The number of hydrogen-bond donors (Lipinski definition) is 1. The molecule has 0 fully saturated rings. The predicted octanol–water partition coefficient (Wildman–Crippen LogP) is 2.35. The second-order valence-electron chi connectivity index (χ2n) is 2.92. The van der Waals surface area contributed by atoms with Crippen LogP contribution in [0.25, 0.3) is 0 Å². The highest BCUT2D eigenvalue weighted by molar-refractivity contribution is 9.10. The van der Waals surface area contributed by atoms with Gasteiger partial charge in [-0.25, -0.2) is 4.39 Å². The molecule has 1 amide bonds. The second-order valence-corrected chi connectivity index (χ2v) is 3.78. The number of nitro groups is 1. The third-order valence-corrected chi connectivity index (χ3v) is 2.36. The fraction of sp³-hybridized carbons (Fsp3) is 0.111. The molecule has 0 heterocycles. The van der Waals surface area contributed by atoms with Crippen LogP contribution in [-0.4, -0.2) is 10.8 Å². The fourth-order valence-electron chi connectivity index (χ4n) is 1.05. The van der Waals surface area contributed by atoms with Crippen LogP contribution in [0.5, 0.6) is 0 Å². The number of nitro benzene ring substituents is 1. The van der Waals surface area contributed by atoms with Crippen molar-refractivity contribution in [2.75, 3.05) is 5.32 Å². The third-order valence-electron chi connectivity index (χ3n) is 1.75.